The van der Waals surface area contributed by atoms with Crippen molar-refractivity contribution >= 4 is 5.91 Å². The van der Waals surface area contributed by atoms with E-state index in [1.807, 2.05) is 25.2 Å². The van der Waals surface area contributed by atoms with Crippen LogP contribution in [0.4, 0.5) is 0 Å². The van der Waals surface area contributed by atoms with Crippen LogP contribution in [0.2, 0.25) is 0 Å². The smallest absolute Gasteiger partial charge is 0.261 e. The minimum atomic E-state index is -0.356. The quantitative estimate of drug-likeness (QED) is 0.871. The van der Waals surface area contributed by atoms with E-state index in [9.17, 15) is 9.59 Å². The van der Waals surface area contributed by atoms with E-state index in [-0.39, 0.29) is 17.0 Å². The van der Waals surface area contributed by atoms with Crippen molar-refractivity contribution in [1.82, 2.24) is 20.2 Å². The van der Waals surface area contributed by atoms with Crippen LogP contribution in [0.15, 0.2) is 41.3 Å². The van der Waals surface area contributed by atoms with E-state index in [2.05, 4.69) is 15.3 Å². The van der Waals surface area contributed by atoms with Crippen LogP contribution in [0.25, 0.3) is 11.4 Å². The van der Waals surface area contributed by atoms with E-state index in [1.165, 1.54) is 0 Å². The Morgan fingerprint density at radius 1 is 1.28 bits per heavy atom. The molecule has 3 heterocycles. The molecule has 25 heavy (non-hydrogen) atoms. The number of aromatic amines is 1. The summed E-state index contributed by atoms with van der Waals surface area (Å²) in [6.07, 6.45) is 4.80. The monoisotopic (exact) mass is 340 g/mol. The van der Waals surface area contributed by atoms with Crippen LogP contribution < -0.4 is 10.9 Å². The van der Waals surface area contributed by atoms with E-state index >= 15 is 0 Å². The Bertz CT molecular complexity index is 764. The molecule has 1 fully saturated rings. The number of carbonyl (C=O) groups is 1. The molecule has 0 saturated carbocycles. The van der Waals surface area contributed by atoms with E-state index < -0.39 is 0 Å². The fourth-order valence-corrected chi connectivity index (χ4v) is 3.26. The van der Waals surface area contributed by atoms with E-state index in [1.54, 1.807) is 23.2 Å². The highest BCUT2D eigenvalue weighted by atomic mass is 16.2. The average Bonchev–Trinajstić information content (AvgIpc) is 2.67. The van der Waals surface area contributed by atoms with Crippen LogP contribution in [0.5, 0.6) is 0 Å². The number of piperidine rings is 1. The highest BCUT2D eigenvalue weighted by molar-refractivity contribution is 5.94. The Kier molecular flexibility index (Phi) is 5.60. The number of nitrogens with zero attached hydrogens (tertiary/aromatic N) is 2. The Hall–Kier alpha value is -2.47. The summed E-state index contributed by atoms with van der Waals surface area (Å²) in [5.74, 6) is 0.474. The van der Waals surface area contributed by atoms with Gasteiger partial charge in [-0.05, 0) is 63.0 Å². The molecule has 1 aliphatic heterocycles. The minimum absolute atomic E-state index is 0.180. The summed E-state index contributed by atoms with van der Waals surface area (Å²) in [7, 11) is 1.96. The second-order valence-corrected chi connectivity index (χ2v) is 6.46. The molecule has 0 aliphatic carbocycles. The molecule has 2 aromatic rings. The Morgan fingerprint density at radius 3 is 2.72 bits per heavy atom. The Balaban J connectivity index is 1.68. The van der Waals surface area contributed by atoms with Gasteiger partial charge in [0.15, 0.2) is 0 Å². The fraction of sp³-hybridized carbons (Fsp3) is 0.421. The van der Waals surface area contributed by atoms with Gasteiger partial charge in [0.25, 0.3) is 11.5 Å². The molecule has 0 radical (unpaired) electrons. The summed E-state index contributed by atoms with van der Waals surface area (Å²) >= 11 is 0. The first-order chi connectivity index (χ1) is 12.2. The lowest BCUT2D eigenvalue weighted by molar-refractivity contribution is 0.0685. The largest absolute Gasteiger partial charge is 0.338 e. The molecule has 0 unspecified atom stereocenters. The topological polar surface area (TPSA) is 78.1 Å². The van der Waals surface area contributed by atoms with Crippen molar-refractivity contribution in [2.24, 2.45) is 5.92 Å². The van der Waals surface area contributed by atoms with Crippen molar-refractivity contribution in [3.8, 4) is 11.4 Å². The summed E-state index contributed by atoms with van der Waals surface area (Å²) in [6, 6.07) is 8.86. The van der Waals surface area contributed by atoms with Crippen LogP contribution in [0.1, 0.15) is 29.6 Å². The van der Waals surface area contributed by atoms with Gasteiger partial charge in [0.2, 0.25) is 0 Å². The van der Waals surface area contributed by atoms with Crippen molar-refractivity contribution in [1.29, 1.82) is 0 Å². The Morgan fingerprint density at radius 2 is 2.08 bits per heavy atom. The van der Waals surface area contributed by atoms with Crippen molar-refractivity contribution in [2.45, 2.75) is 19.3 Å². The SMILES string of the molecule is CNCCC1CCN(C(=O)c2ccc(-c3ccccn3)[nH]c2=O)CC1. The highest BCUT2D eigenvalue weighted by Gasteiger charge is 2.25. The average molecular weight is 340 g/mol. The lowest BCUT2D eigenvalue weighted by atomic mass is 9.93. The zero-order valence-electron chi connectivity index (χ0n) is 14.5. The second kappa shape index (κ2) is 8.07. The van der Waals surface area contributed by atoms with Gasteiger partial charge in [0.1, 0.15) is 5.56 Å². The molecule has 6 heteroatoms. The third kappa shape index (κ3) is 4.14. The molecule has 2 aromatic heterocycles. The summed E-state index contributed by atoms with van der Waals surface area (Å²) < 4.78 is 0. The van der Waals surface area contributed by atoms with Crippen molar-refractivity contribution in [3.63, 3.8) is 0 Å². The van der Waals surface area contributed by atoms with Gasteiger partial charge in [-0.15, -0.1) is 0 Å². The number of nitrogens with one attached hydrogen (secondary N) is 2. The summed E-state index contributed by atoms with van der Waals surface area (Å²) in [5.41, 5.74) is 1.15. The molecule has 3 rings (SSSR count). The van der Waals surface area contributed by atoms with Gasteiger partial charge < -0.3 is 15.2 Å². The number of hydrogen-bond donors (Lipinski definition) is 2. The maximum atomic E-state index is 12.7. The first-order valence-corrected chi connectivity index (χ1v) is 8.77. The standard InChI is InChI=1S/C19H24N4O2/c1-20-11-7-14-8-12-23(13-9-14)19(25)15-5-6-17(22-18(15)24)16-4-2-3-10-21-16/h2-6,10,14,20H,7-9,11-13H2,1H3,(H,22,24). The number of rotatable bonds is 5. The van der Waals surface area contributed by atoms with Gasteiger partial charge in [-0.3, -0.25) is 14.6 Å². The number of likely N-dealkylation sites (tertiary alicyclic amines) is 1. The van der Waals surface area contributed by atoms with Crippen LogP contribution >= 0.6 is 0 Å². The molecule has 0 atom stereocenters. The molecule has 1 aliphatic rings. The van der Waals surface area contributed by atoms with Crippen LogP contribution in [0, 0.1) is 5.92 Å². The van der Waals surface area contributed by atoms with E-state index in [0.29, 0.717) is 30.4 Å². The predicted molar refractivity (Wildman–Crippen MR) is 97.5 cm³/mol. The maximum absolute atomic E-state index is 12.7. The minimum Gasteiger partial charge on any atom is -0.338 e. The molecule has 6 nitrogen and oxygen atoms in total. The summed E-state index contributed by atoms with van der Waals surface area (Å²) in [6.45, 7) is 2.44. The van der Waals surface area contributed by atoms with Crippen molar-refractivity contribution < 1.29 is 4.79 Å². The molecule has 1 amide bonds. The molecular weight excluding hydrogens is 316 g/mol. The van der Waals surface area contributed by atoms with Gasteiger partial charge in [0, 0.05) is 19.3 Å². The summed E-state index contributed by atoms with van der Waals surface area (Å²) in [4.78, 5) is 33.8. The third-order valence-corrected chi connectivity index (χ3v) is 4.79. The first-order valence-electron chi connectivity index (χ1n) is 8.77. The zero-order valence-corrected chi connectivity index (χ0v) is 14.5. The molecule has 0 spiro atoms. The lowest BCUT2D eigenvalue weighted by Gasteiger charge is -2.32. The molecule has 1 saturated heterocycles. The molecule has 132 valence electrons. The molecule has 0 aromatic carbocycles. The second-order valence-electron chi connectivity index (χ2n) is 6.46. The number of aromatic nitrogens is 2. The van der Waals surface area contributed by atoms with E-state index in [4.69, 9.17) is 0 Å². The summed E-state index contributed by atoms with van der Waals surface area (Å²) in [5, 5.41) is 3.17. The van der Waals surface area contributed by atoms with Gasteiger partial charge in [0.05, 0.1) is 11.4 Å². The number of carbonyl (C=O) groups excluding carboxylic acids is 1. The maximum Gasteiger partial charge on any atom is 0.261 e. The van der Waals surface area contributed by atoms with Gasteiger partial charge in [-0.1, -0.05) is 6.07 Å². The fourth-order valence-electron chi connectivity index (χ4n) is 3.26. The number of hydrogen-bond acceptors (Lipinski definition) is 4. The predicted octanol–water partition coefficient (Wildman–Crippen LogP) is 1.90. The van der Waals surface area contributed by atoms with Crippen LogP contribution in [-0.2, 0) is 0 Å². The van der Waals surface area contributed by atoms with Crippen molar-refractivity contribution in [2.75, 3.05) is 26.7 Å². The molecular formula is C19H24N4O2. The number of pyridine rings is 2. The van der Waals surface area contributed by atoms with Crippen LogP contribution in [-0.4, -0.2) is 47.5 Å². The molecule has 2 N–H and O–H groups in total. The van der Waals surface area contributed by atoms with Crippen molar-refractivity contribution in [3.05, 3.63) is 52.4 Å². The number of amides is 1. The third-order valence-electron chi connectivity index (χ3n) is 4.79. The van der Waals surface area contributed by atoms with E-state index in [0.717, 1.165) is 25.8 Å². The highest BCUT2D eigenvalue weighted by Crippen LogP contribution is 2.21. The Labute approximate surface area is 147 Å². The van der Waals surface area contributed by atoms with Gasteiger partial charge >= 0.3 is 0 Å². The lowest BCUT2D eigenvalue weighted by Crippen LogP contribution is -2.41. The number of H-pyrrole nitrogens is 1. The first kappa shape index (κ1) is 17.4. The van der Waals surface area contributed by atoms with Gasteiger partial charge in [-0.25, -0.2) is 0 Å². The molecule has 0 bridgehead atoms. The normalized spacial score (nSPS) is 15.3. The zero-order chi connectivity index (χ0) is 17.6. The van der Waals surface area contributed by atoms with Crippen LogP contribution in [0.3, 0.4) is 0 Å². The van der Waals surface area contributed by atoms with Gasteiger partial charge in [-0.2, -0.15) is 0 Å².